The topological polar surface area (TPSA) is 61.7 Å². The van der Waals surface area contributed by atoms with Gasteiger partial charge in [0.05, 0.1) is 7.11 Å². The van der Waals surface area contributed by atoms with Gasteiger partial charge < -0.3 is 20.3 Å². The molecule has 4 nitrogen and oxygen atoms in total. The minimum atomic E-state index is 0.195. The number of phenols is 2. The number of aromatic hydroxyl groups is 2. The zero-order valence-corrected chi connectivity index (χ0v) is 10.1. The van der Waals surface area contributed by atoms with Crippen molar-refractivity contribution >= 4 is 5.69 Å². The van der Waals surface area contributed by atoms with Crippen molar-refractivity contribution < 1.29 is 14.9 Å². The lowest BCUT2D eigenvalue weighted by Crippen LogP contribution is -1.99. The first-order valence-electron chi connectivity index (χ1n) is 5.58. The number of benzene rings is 2. The van der Waals surface area contributed by atoms with Gasteiger partial charge in [0, 0.05) is 23.9 Å². The molecule has 3 N–H and O–H groups in total. The van der Waals surface area contributed by atoms with Crippen molar-refractivity contribution in [2.75, 3.05) is 12.4 Å². The van der Waals surface area contributed by atoms with Crippen molar-refractivity contribution in [3.05, 3.63) is 48.0 Å². The molecule has 0 radical (unpaired) electrons. The summed E-state index contributed by atoms with van der Waals surface area (Å²) < 4.78 is 5.02. The summed E-state index contributed by atoms with van der Waals surface area (Å²) in [6, 6.07) is 11.9. The fourth-order valence-corrected chi connectivity index (χ4v) is 1.60. The standard InChI is InChI=1S/C14H15NO3/c1-18-13-7-2-10(14(17)8-13)9-15-11-3-5-12(16)6-4-11/h2-8,15-17H,9H2,1H3. The van der Waals surface area contributed by atoms with E-state index in [4.69, 9.17) is 9.84 Å². The summed E-state index contributed by atoms with van der Waals surface area (Å²) in [5, 5.41) is 22.1. The molecule has 0 fully saturated rings. The van der Waals surface area contributed by atoms with Crippen LogP contribution in [-0.2, 0) is 6.54 Å². The maximum absolute atomic E-state index is 9.78. The normalized spacial score (nSPS) is 10.1. The Bertz CT molecular complexity index is 523. The van der Waals surface area contributed by atoms with Crippen LogP contribution in [0.25, 0.3) is 0 Å². The minimum Gasteiger partial charge on any atom is -0.508 e. The Morgan fingerprint density at radius 3 is 2.39 bits per heavy atom. The van der Waals surface area contributed by atoms with E-state index in [-0.39, 0.29) is 11.5 Å². The van der Waals surface area contributed by atoms with Crippen LogP contribution in [0, 0.1) is 0 Å². The van der Waals surface area contributed by atoms with Crippen molar-refractivity contribution in [3.63, 3.8) is 0 Å². The van der Waals surface area contributed by atoms with Crippen molar-refractivity contribution in [3.8, 4) is 17.2 Å². The monoisotopic (exact) mass is 245 g/mol. The van der Waals surface area contributed by atoms with Crippen LogP contribution >= 0.6 is 0 Å². The molecule has 0 aliphatic rings. The fourth-order valence-electron chi connectivity index (χ4n) is 1.60. The number of ether oxygens (including phenoxy) is 1. The third kappa shape index (κ3) is 2.85. The van der Waals surface area contributed by atoms with E-state index >= 15 is 0 Å². The molecule has 0 spiro atoms. The molecule has 18 heavy (non-hydrogen) atoms. The van der Waals surface area contributed by atoms with Gasteiger partial charge in [0.15, 0.2) is 0 Å². The molecule has 0 atom stereocenters. The number of methoxy groups -OCH3 is 1. The van der Waals surface area contributed by atoms with E-state index in [9.17, 15) is 5.11 Å². The highest BCUT2D eigenvalue weighted by Crippen LogP contribution is 2.24. The first kappa shape index (κ1) is 12.1. The van der Waals surface area contributed by atoms with Crippen LogP contribution in [0.2, 0.25) is 0 Å². The molecule has 0 unspecified atom stereocenters. The summed E-state index contributed by atoms with van der Waals surface area (Å²) >= 11 is 0. The van der Waals surface area contributed by atoms with Gasteiger partial charge in [-0.15, -0.1) is 0 Å². The molecule has 0 aliphatic heterocycles. The zero-order chi connectivity index (χ0) is 13.0. The third-order valence-electron chi connectivity index (χ3n) is 2.64. The average Bonchev–Trinajstić information content (AvgIpc) is 2.39. The van der Waals surface area contributed by atoms with Crippen LogP contribution in [0.1, 0.15) is 5.56 Å². The SMILES string of the molecule is COc1ccc(CNc2ccc(O)cc2)c(O)c1. The van der Waals surface area contributed by atoms with Crippen molar-refractivity contribution in [2.24, 2.45) is 0 Å². The van der Waals surface area contributed by atoms with Crippen molar-refractivity contribution in [2.45, 2.75) is 6.54 Å². The van der Waals surface area contributed by atoms with E-state index < -0.39 is 0 Å². The van der Waals surface area contributed by atoms with Crippen molar-refractivity contribution in [1.82, 2.24) is 0 Å². The van der Waals surface area contributed by atoms with Crippen molar-refractivity contribution in [1.29, 1.82) is 0 Å². The van der Waals surface area contributed by atoms with Gasteiger partial charge in [-0.25, -0.2) is 0 Å². The number of hydrogen-bond acceptors (Lipinski definition) is 4. The Morgan fingerprint density at radius 1 is 1.06 bits per heavy atom. The first-order chi connectivity index (χ1) is 8.69. The first-order valence-corrected chi connectivity index (χ1v) is 5.58. The van der Waals surface area contributed by atoms with E-state index in [1.807, 2.05) is 6.07 Å². The van der Waals surface area contributed by atoms with E-state index in [0.717, 1.165) is 11.3 Å². The summed E-state index contributed by atoms with van der Waals surface area (Å²) in [6.45, 7) is 0.501. The largest absolute Gasteiger partial charge is 0.508 e. The van der Waals surface area contributed by atoms with Crippen LogP contribution < -0.4 is 10.1 Å². The highest BCUT2D eigenvalue weighted by Gasteiger charge is 2.03. The van der Waals surface area contributed by atoms with Gasteiger partial charge in [-0.05, 0) is 36.4 Å². The number of rotatable bonds is 4. The highest BCUT2D eigenvalue weighted by atomic mass is 16.5. The Labute approximate surface area is 105 Å². The van der Waals surface area contributed by atoms with E-state index in [1.165, 1.54) is 0 Å². The molecule has 94 valence electrons. The van der Waals surface area contributed by atoms with Crippen LogP contribution in [-0.4, -0.2) is 17.3 Å². The smallest absolute Gasteiger partial charge is 0.124 e. The lowest BCUT2D eigenvalue weighted by atomic mass is 10.2. The summed E-state index contributed by atoms with van der Waals surface area (Å²) in [7, 11) is 1.56. The van der Waals surface area contributed by atoms with Gasteiger partial charge in [-0.1, -0.05) is 0 Å². The molecule has 4 heteroatoms. The predicted molar refractivity (Wildman–Crippen MR) is 70.1 cm³/mol. The molecule has 0 heterocycles. The molecule has 0 saturated heterocycles. The average molecular weight is 245 g/mol. The van der Waals surface area contributed by atoms with Crippen LogP contribution in [0.3, 0.4) is 0 Å². The fraction of sp³-hybridized carbons (Fsp3) is 0.143. The minimum absolute atomic E-state index is 0.195. The second kappa shape index (κ2) is 5.31. The highest BCUT2D eigenvalue weighted by molar-refractivity contribution is 5.48. The second-order valence-corrected chi connectivity index (χ2v) is 3.90. The van der Waals surface area contributed by atoms with Gasteiger partial charge in [0.2, 0.25) is 0 Å². The molecule has 0 amide bonds. The van der Waals surface area contributed by atoms with Crippen LogP contribution in [0.5, 0.6) is 17.2 Å². The Kier molecular flexibility index (Phi) is 3.57. The maximum atomic E-state index is 9.78. The number of phenolic OH excluding ortho intramolecular Hbond substituents is 2. The number of nitrogens with one attached hydrogen (secondary N) is 1. The zero-order valence-electron chi connectivity index (χ0n) is 10.1. The molecule has 2 rings (SSSR count). The summed E-state index contributed by atoms with van der Waals surface area (Å²) in [5.74, 6) is 1.05. The van der Waals surface area contributed by atoms with Gasteiger partial charge in [0.1, 0.15) is 17.2 Å². The van der Waals surface area contributed by atoms with Gasteiger partial charge in [-0.2, -0.15) is 0 Å². The molecule has 2 aromatic carbocycles. The predicted octanol–water partition coefficient (Wildman–Crippen LogP) is 2.72. The summed E-state index contributed by atoms with van der Waals surface area (Å²) in [4.78, 5) is 0. The molecule has 0 saturated carbocycles. The molecule has 0 aliphatic carbocycles. The Balaban J connectivity index is 2.04. The maximum Gasteiger partial charge on any atom is 0.124 e. The lowest BCUT2D eigenvalue weighted by molar-refractivity contribution is 0.406. The quantitative estimate of drug-likeness (QED) is 0.725. The van der Waals surface area contributed by atoms with Gasteiger partial charge in [0.25, 0.3) is 0 Å². The van der Waals surface area contributed by atoms with E-state index in [1.54, 1.807) is 43.5 Å². The molecule has 0 aromatic heterocycles. The Hall–Kier alpha value is -2.36. The van der Waals surface area contributed by atoms with E-state index in [2.05, 4.69) is 5.32 Å². The second-order valence-electron chi connectivity index (χ2n) is 3.90. The molecular formula is C14H15NO3. The number of anilines is 1. The molecule has 0 bridgehead atoms. The molecule has 2 aromatic rings. The molecular weight excluding hydrogens is 230 g/mol. The van der Waals surface area contributed by atoms with Gasteiger partial charge in [-0.3, -0.25) is 0 Å². The van der Waals surface area contributed by atoms with Gasteiger partial charge >= 0.3 is 0 Å². The Morgan fingerprint density at radius 2 is 1.78 bits per heavy atom. The van der Waals surface area contributed by atoms with Crippen LogP contribution in [0.4, 0.5) is 5.69 Å². The summed E-state index contributed by atoms with van der Waals surface area (Å²) in [6.07, 6.45) is 0. The third-order valence-corrected chi connectivity index (χ3v) is 2.64. The number of hydrogen-bond donors (Lipinski definition) is 3. The lowest BCUT2D eigenvalue weighted by Gasteiger charge is -2.09. The summed E-state index contributed by atoms with van der Waals surface area (Å²) in [5.41, 5.74) is 1.66. The van der Waals surface area contributed by atoms with Crippen LogP contribution in [0.15, 0.2) is 42.5 Å². The van der Waals surface area contributed by atoms with E-state index in [0.29, 0.717) is 12.3 Å².